The molecule has 9 nitrogen and oxygen atoms in total. The van der Waals surface area contributed by atoms with Gasteiger partial charge >= 0.3 is 18.1 Å². The zero-order chi connectivity index (χ0) is 24.1. The molecule has 32 heavy (non-hydrogen) atoms. The number of aromatic nitrogens is 1. The highest BCUT2D eigenvalue weighted by atomic mass is 32.2. The van der Waals surface area contributed by atoms with Gasteiger partial charge in [0.2, 0.25) is 0 Å². The molecule has 1 saturated heterocycles. The molecule has 0 unspecified atom stereocenters. The molecule has 3 N–H and O–H groups in total. The minimum atomic E-state index is -5.08. The Bertz CT molecular complexity index is 1050. The number of piperidine rings is 1. The fraction of sp³-hybridized carbons (Fsp3) is 0.389. The van der Waals surface area contributed by atoms with Gasteiger partial charge in [0.15, 0.2) is 0 Å². The maximum absolute atomic E-state index is 12.3. The Morgan fingerprint density at radius 3 is 2.31 bits per heavy atom. The van der Waals surface area contributed by atoms with Crippen LogP contribution in [0.3, 0.4) is 0 Å². The molecule has 0 radical (unpaired) electrons. The smallest absolute Gasteiger partial charge is 0.478 e. The van der Waals surface area contributed by atoms with Crippen LogP contribution in [0.1, 0.15) is 30.1 Å². The first kappa shape index (κ1) is 25.4. The summed E-state index contributed by atoms with van der Waals surface area (Å²) in [6.45, 7) is 3.66. The molecule has 3 rings (SSSR count). The van der Waals surface area contributed by atoms with Crippen LogP contribution in [0.15, 0.2) is 34.0 Å². The van der Waals surface area contributed by atoms with E-state index in [0.29, 0.717) is 11.7 Å². The van der Waals surface area contributed by atoms with E-state index in [1.54, 1.807) is 11.4 Å². The SMILES string of the molecule is CC1CCN(c2ncc(NS(=O)(=O)c3cccs3)cc2C(=O)O)CC1.O=C(O)C(F)(F)F. The lowest BCUT2D eigenvalue weighted by atomic mass is 9.99. The summed E-state index contributed by atoms with van der Waals surface area (Å²) >= 11 is 1.09. The van der Waals surface area contributed by atoms with Crippen molar-refractivity contribution in [1.29, 1.82) is 0 Å². The number of alkyl halides is 3. The molecule has 0 amide bonds. The van der Waals surface area contributed by atoms with Crippen molar-refractivity contribution in [2.24, 2.45) is 5.92 Å². The second kappa shape index (κ2) is 10.2. The Morgan fingerprint density at radius 1 is 1.25 bits per heavy atom. The molecule has 0 saturated carbocycles. The minimum Gasteiger partial charge on any atom is -0.478 e. The highest BCUT2D eigenvalue weighted by Gasteiger charge is 2.38. The number of aromatic carboxylic acids is 1. The molecule has 0 atom stereocenters. The van der Waals surface area contributed by atoms with Crippen molar-refractivity contribution < 1.29 is 41.4 Å². The summed E-state index contributed by atoms with van der Waals surface area (Å²) in [7, 11) is -3.74. The van der Waals surface area contributed by atoms with Crippen LogP contribution in [0.25, 0.3) is 0 Å². The van der Waals surface area contributed by atoms with E-state index in [4.69, 9.17) is 9.90 Å². The summed E-state index contributed by atoms with van der Waals surface area (Å²) in [5, 5.41) is 18.3. The standard InChI is InChI=1S/C16H19N3O4S2.C2HF3O2/c1-11-4-6-19(7-5-11)15-13(16(20)21)9-12(10-17-15)18-25(22,23)14-3-2-8-24-14;3-2(4,5)1(6)7/h2-3,8-11,18H,4-7H2,1H3,(H,20,21);(H,6,7). The van der Waals surface area contributed by atoms with Crippen LogP contribution < -0.4 is 9.62 Å². The number of halogens is 3. The van der Waals surface area contributed by atoms with Gasteiger partial charge in [-0.1, -0.05) is 13.0 Å². The summed E-state index contributed by atoms with van der Waals surface area (Å²) < 4.78 is 58.9. The number of pyridine rings is 1. The quantitative estimate of drug-likeness (QED) is 0.573. The van der Waals surface area contributed by atoms with Crippen molar-refractivity contribution in [3.05, 3.63) is 35.3 Å². The van der Waals surface area contributed by atoms with E-state index in [2.05, 4.69) is 16.6 Å². The first-order valence-electron chi connectivity index (χ1n) is 9.16. The predicted molar refractivity (Wildman–Crippen MR) is 111 cm³/mol. The third-order valence-electron chi connectivity index (χ3n) is 4.43. The van der Waals surface area contributed by atoms with Gasteiger partial charge in [-0.3, -0.25) is 4.72 Å². The summed E-state index contributed by atoms with van der Waals surface area (Å²) in [5.74, 6) is -2.88. The molecule has 1 aliphatic heterocycles. The molecule has 0 spiro atoms. The van der Waals surface area contributed by atoms with Gasteiger partial charge in [0, 0.05) is 13.1 Å². The largest absolute Gasteiger partial charge is 0.490 e. The maximum atomic E-state index is 12.3. The van der Waals surface area contributed by atoms with Crippen molar-refractivity contribution in [3.8, 4) is 0 Å². The fourth-order valence-electron chi connectivity index (χ4n) is 2.76. The van der Waals surface area contributed by atoms with E-state index < -0.39 is 28.1 Å². The molecule has 2 aromatic heterocycles. The van der Waals surface area contributed by atoms with Crippen LogP contribution in [0, 0.1) is 5.92 Å². The first-order chi connectivity index (χ1) is 14.8. The molecule has 2 aromatic rings. The van der Waals surface area contributed by atoms with Crippen LogP contribution >= 0.6 is 11.3 Å². The summed E-state index contributed by atoms with van der Waals surface area (Å²) in [6.07, 6.45) is -1.76. The van der Waals surface area contributed by atoms with Crippen molar-refractivity contribution in [2.45, 2.75) is 30.2 Å². The molecule has 0 aliphatic carbocycles. The van der Waals surface area contributed by atoms with Gasteiger partial charge in [-0.25, -0.2) is 23.0 Å². The van der Waals surface area contributed by atoms with E-state index in [0.717, 1.165) is 37.3 Å². The third-order valence-corrected chi connectivity index (χ3v) is 7.21. The van der Waals surface area contributed by atoms with E-state index >= 15 is 0 Å². The van der Waals surface area contributed by atoms with Gasteiger partial charge in [-0.15, -0.1) is 11.3 Å². The zero-order valence-electron chi connectivity index (χ0n) is 16.7. The van der Waals surface area contributed by atoms with Crippen molar-refractivity contribution in [3.63, 3.8) is 0 Å². The first-order valence-corrected chi connectivity index (χ1v) is 11.5. The lowest BCUT2D eigenvalue weighted by Crippen LogP contribution is -2.34. The maximum Gasteiger partial charge on any atom is 0.490 e. The monoisotopic (exact) mass is 495 g/mol. The number of rotatable bonds is 5. The molecule has 0 bridgehead atoms. The summed E-state index contributed by atoms with van der Waals surface area (Å²) in [5.41, 5.74) is 0.140. The highest BCUT2D eigenvalue weighted by Crippen LogP contribution is 2.27. The molecule has 14 heteroatoms. The van der Waals surface area contributed by atoms with Crippen molar-refractivity contribution in [2.75, 3.05) is 22.7 Å². The second-order valence-corrected chi connectivity index (χ2v) is 9.77. The normalized spacial score (nSPS) is 14.9. The summed E-state index contributed by atoms with van der Waals surface area (Å²) in [6, 6.07) is 4.45. The van der Waals surface area contributed by atoms with E-state index in [-0.39, 0.29) is 15.5 Å². The Balaban J connectivity index is 0.000000451. The Labute approximate surface area is 185 Å². The van der Waals surface area contributed by atoms with Gasteiger partial charge < -0.3 is 15.1 Å². The Hall–Kier alpha value is -2.87. The number of hydrogen-bond acceptors (Lipinski definition) is 7. The number of nitrogens with one attached hydrogen (secondary N) is 1. The molecule has 0 aromatic carbocycles. The Kier molecular flexibility index (Phi) is 8.07. The van der Waals surface area contributed by atoms with E-state index in [1.165, 1.54) is 18.3 Å². The average molecular weight is 496 g/mol. The number of nitrogens with zero attached hydrogens (tertiary/aromatic N) is 2. The number of aliphatic carboxylic acids is 1. The number of carboxylic acids is 2. The van der Waals surface area contributed by atoms with Crippen LogP contribution in [-0.2, 0) is 14.8 Å². The molecular weight excluding hydrogens is 475 g/mol. The van der Waals surface area contributed by atoms with Gasteiger partial charge in [0.1, 0.15) is 15.6 Å². The van der Waals surface area contributed by atoms with E-state index in [1.807, 2.05) is 4.90 Å². The molecule has 3 heterocycles. The van der Waals surface area contributed by atoms with Gasteiger partial charge in [0.05, 0.1) is 11.9 Å². The lowest BCUT2D eigenvalue weighted by Gasteiger charge is -2.32. The van der Waals surface area contributed by atoms with Gasteiger partial charge in [0.25, 0.3) is 10.0 Å². The van der Waals surface area contributed by atoms with Gasteiger partial charge in [-0.05, 0) is 36.3 Å². The number of anilines is 2. The minimum absolute atomic E-state index is 0.000864. The fourth-order valence-corrected chi connectivity index (χ4v) is 4.79. The number of thiophene rings is 1. The molecular formula is C18H20F3N3O6S2. The summed E-state index contributed by atoms with van der Waals surface area (Å²) in [4.78, 5) is 26.7. The number of carboxylic acid groups (broad SMARTS) is 2. The number of carbonyl (C=O) groups is 2. The Morgan fingerprint density at radius 2 is 1.84 bits per heavy atom. The third kappa shape index (κ3) is 6.82. The van der Waals surface area contributed by atoms with Crippen LogP contribution in [0.4, 0.5) is 24.7 Å². The molecule has 1 fully saturated rings. The van der Waals surface area contributed by atoms with Crippen LogP contribution in [-0.4, -0.2) is 54.8 Å². The average Bonchev–Trinajstić information content (AvgIpc) is 3.24. The van der Waals surface area contributed by atoms with Crippen LogP contribution in [0.5, 0.6) is 0 Å². The molecule has 176 valence electrons. The van der Waals surface area contributed by atoms with Crippen LogP contribution in [0.2, 0.25) is 0 Å². The topological polar surface area (TPSA) is 137 Å². The van der Waals surface area contributed by atoms with Crippen molar-refractivity contribution in [1.82, 2.24) is 4.98 Å². The predicted octanol–water partition coefficient (Wildman–Crippen LogP) is 3.51. The number of hydrogen-bond donors (Lipinski definition) is 3. The second-order valence-electron chi connectivity index (χ2n) is 6.91. The van der Waals surface area contributed by atoms with Gasteiger partial charge in [-0.2, -0.15) is 13.2 Å². The van der Waals surface area contributed by atoms with Crippen molar-refractivity contribution >= 4 is 44.8 Å². The lowest BCUT2D eigenvalue weighted by molar-refractivity contribution is -0.192. The zero-order valence-corrected chi connectivity index (χ0v) is 18.3. The molecule has 1 aliphatic rings. The highest BCUT2D eigenvalue weighted by molar-refractivity contribution is 7.94. The van der Waals surface area contributed by atoms with E-state index in [9.17, 15) is 31.5 Å². The number of sulfonamides is 1.